The number of imidazole rings is 1. The number of aromatic nitrogens is 2. The van der Waals surface area contributed by atoms with Crippen molar-refractivity contribution in [2.24, 2.45) is 17.8 Å². The quantitative estimate of drug-likeness (QED) is 0.931. The largest absolute Gasteiger partial charge is 0.393 e. The number of hydrogen-bond acceptors (Lipinski definition) is 2. The number of nitrogens with zero attached hydrogens (tertiary/aromatic N) is 2. The van der Waals surface area contributed by atoms with Gasteiger partial charge < -0.3 is 9.67 Å². The molecule has 3 atom stereocenters. The smallest absolute Gasteiger partial charge is 0.139 e. The van der Waals surface area contributed by atoms with Gasteiger partial charge in [-0.05, 0) is 30.6 Å². The normalized spacial score (nSPS) is 25.6. The minimum absolute atomic E-state index is 0.140. The van der Waals surface area contributed by atoms with Crippen LogP contribution in [-0.2, 0) is 6.54 Å². The van der Waals surface area contributed by atoms with E-state index < -0.39 is 0 Å². The Morgan fingerprint density at radius 2 is 2.00 bits per heavy atom. The first-order valence-electron chi connectivity index (χ1n) is 7.89. The van der Waals surface area contributed by atoms with E-state index in [0.717, 1.165) is 30.8 Å². The fourth-order valence-corrected chi connectivity index (χ4v) is 3.60. The molecular formula is C18H24N2O. The van der Waals surface area contributed by atoms with Gasteiger partial charge in [-0.15, -0.1) is 0 Å². The van der Waals surface area contributed by atoms with E-state index in [1.54, 1.807) is 0 Å². The van der Waals surface area contributed by atoms with Crippen LogP contribution in [0, 0.1) is 17.8 Å². The van der Waals surface area contributed by atoms with Crippen LogP contribution in [0.15, 0.2) is 42.7 Å². The number of aliphatic hydroxyl groups is 1. The predicted molar refractivity (Wildman–Crippen MR) is 84.7 cm³/mol. The van der Waals surface area contributed by atoms with Crippen LogP contribution in [0.3, 0.4) is 0 Å². The summed E-state index contributed by atoms with van der Waals surface area (Å²) >= 11 is 0. The fraction of sp³-hybridized carbons (Fsp3) is 0.500. The molecule has 0 amide bonds. The highest BCUT2D eigenvalue weighted by Gasteiger charge is 2.34. The molecular weight excluding hydrogens is 260 g/mol. The molecule has 1 aliphatic rings. The lowest BCUT2D eigenvalue weighted by Crippen LogP contribution is -2.18. The summed E-state index contributed by atoms with van der Waals surface area (Å²) in [6.45, 7) is 5.37. The Balaban J connectivity index is 1.74. The second-order valence-corrected chi connectivity index (χ2v) is 6.58. The van der Waals surface area contributed by atoms with E-state index in [1.165, 1.54) is 0 Å². The van der Waals surface area contributed by atoms with Crippen molar-refractivity contribution in [3.8, 4) is 11.4 Å². The van der Waals surface area contributed by atoms with Gasteiger partial charge >= 0.3 is 0 Å². The fourth-order valence-electron chi connectivity index (χ4n) is 3.60. The first kappa shape index (κ1) is 14.3. The maximum absolute atomic E-state index is 10.2. The van der Waals surface area contributed by atoms with E-state index >= 15 is 0 Å². The van der Waals surface area contributed by atoms with Gasteiger partial charge in [0.05, 0.1) is 6.10 Å². The Kier molecular flexibility index (Phi) is 4.11. The van der Waals surface area contributed by atoms with Gasteiger partial charge in [0.25, 0.3) is 0 Å². The SMILES string of the molecule is CC(C)C1CC(Cn2ccnc2-c2ccccc2)CC1O. The Morgan fingerprint density at radius 1 is 1.24 bits per heavy atom. The molecule has 3 heteroatoms. The van der Waals surface area contributed by atoms with Gasteiger partial charge in [0, 0.05) is 24.5 Å². The van der Waals surface area contributed by atoms with Gasteiger partial charge in [-0.25, -0.2) is 4.98 Å². The van der Waals surface area contributed by atoms with Crippen LogP contribution in [0.1, 0.15) is 26.7 Å². The number of benzene rings is 1. The summed E-state index contributed by atoms with van der Waals surface area (Å²) in [4.78, 5) is 4.50. The molecule has 0 bridgehead atoms. The van der Waals surface area contributed by atoms with Gasteiger partial charge in [-0.1, -0.05) is 44.2 Å². The van der Waals surface area contributed by atoms with Gasteiger partial charge in [-0.2, -0.15) is 0 Å². The Morgan fingerprint density at radius 3 is 2.67 bits per heavy atom. The molecule has 1 aliphatic carbocycles. The molecule has 0 spiro atoms. The summed E-state index contributed by atoms with van der Waals surface area (Å²) in [5, 5.41) is 10.2. The topological polar surface area (TPSA) is 38.0 Å². The standard InChI is InChI=1S/C18H24N2O/c1-13(2)16-10-14(11-17(16)21)12-20-9-8-19-18(20)15-6-4-3-5-7-15/h3-9,13-14,16-17,21H,10-12H2,1-2H3. The molecule has 0 radical (unpaired) electrons. The molecule has 1 aromatic carbocycles. The van der Waals surface area contributed by atoms with Crippen LogP contribution in [-0.4, -0.2) is 20.8 Å². The molecule has 2 aromatic rings. The van der Waals surface area contributed by atoms with E-state index in [4.69, 9.17) is 0 Å². The van der Waals surface area contributed by atoms with Crippen LogP contribution in [0.4, 0.5) is 0 Å². The minimum Gasteiger partial charge on any atom is -0.393 e. The molecule has 0 saturated heterocycles. The Bertz CT molecular complexity index is 576. The van der Waals surface area contributed by atoms with Crippen molar-refractivity contribution in [2.45, 2.75) is 39.3 Å². The van der Waals surface area contributed by atoms with E-state index in [1.807, 2.05) is 24.4 Å². The average molecular weight is 284 g/mol. The lowest BCUT2D eigenvalue weighted by atomic mass is 9.92. The number of rotatable bonds is 4. The van der Waals surface area contributed by atoms with Crippen LogP contribution in [0.25, 0.3) is 11.4 Å². The third-order valence-electron chi connectivity index (χ3n) is 4.73. The molecule has 0 aliphatic heterocycles. The van der Waals surface area contributed by atoms with E-state index in [-0.39, 0.29) is 6.10 Å². The lowest BCUT2D eigenvalue weighted by molar-refractivity contribution is 0.107. The summed E-state index contributed by atoms with van der Waals surface area (Å²) in [5.41, 5.74) is 1.15. The van der Waals surface area contributed by atoms with Gasteiger partial charge in [0.15, 0.2) is 0 Å². The van der Waals surface area contributed by atoms with Crippen molar-refractivity contribution in [3.05, 3.63) is 42.7 Å². The lowest BCUT2D eigenvalue weighted by Gasteiger charge is -2.18. The molecule has 1 aromatic heterocycles. The second kappa shape index (κ2) is 6.02. The third kappa shape index (κ3) is 3.03. The van der Waals surface area contributed by atoms with Gasteiger partial charge in [0.2, 0.25) is 0 Å². The highest BCUT2D eigenvalue weighted by molar-refractivity contribution is 5.55. The monoisotopic (exact) mass is 284 g/mol. The van der Waals surface area contributed by atoms with Crippen LogP contribution in [0.2, 0.25) is 0 Å². The third-order valence-corrected chi connectivity index (χ3v) is 4.73. The van der Waals surface area contributed by atoms with Crippen molar-refractivity contribution in [3.63, 3.8) is 0 Å². The van der Waals surface area contributed by atoms with E-state index in [2.05, 4.69) is 41.7 Å². The van der Waals surface area contributed by atoms with Crippen molar-refractivity contribution < 1.29 is 5.11 Å². The molecule has 1 heterocycles. The zero-order valence-corrected chi connectivity index (χ0v) is 12.8. The number of aliphatic hydroxyl groups excluding tert-OH is 1. The molecule has 1 fully saturated rings. The zero-order valence-electron chi connectivity index (χ0n) is 12.8. The van der Waals surface area contributed by atoms with Crippen molar-refractivity contribution in [1.29, 1.82) is 0 Å². The summed E-state index contributed by atoms with van der Waals surface area (Å²) in [5.74, 6) is 2.57. The van der Waals surface area contributed by atoms with Crippen LogP contribution >= 0.6 is 0 Å². The first-order valence-corrected chi connectivity index (χ1v) is 7.89. The molecule has 1 saturated carbocycles. The highest BCUT2D eigenvalue weighted by atomic mass is 16.3. The maximum Gasteiger partial charge on any atom is 0.139 e. The first-order chi connectivity index (χ1) is 10.1. The molecule has 21 heavy (non-hydrogen) atoms. The summed E-state index contributed by atoms with van der Waals surface area (Å²) in [6.07, 6.45) is 5.81. The Hall–Kier alpha value is -1.61. The molecule has 3 unspecified atom stereocenters. The highest BCUT2D eigenvalue weighted by Crippen LogP contribution is 2.37. The van der Waals surface area contributed by atoms with Crippen molar-refractivity contribution >= 4 is 0 Å². The summed E-state index contributed by atoms with van der Waals surface area (Å²) in [7, 11) is 0. The molecule has 1 N–H and O–H groups in total. The Labute approximate surface area is 126 Å². The molecule has 3 nitrogen and oxygen atoms in total. The van der Waals surface area contributed by atoms with Crippen molar-refractivity contribution in [1.82, 2.24) is 9.55 Å². The van der Waals surface area contributed by atoms with Gasteiger partial charge in [-0.3, -0.25) is 0 Å². The van der Waals surface area contributed by atoms with Crippen LogP contribution < -0.4 is 0 Å². The molecule has 3 rings (SSSR count). The predicted octanol–water partition coefficient (Wildman–Crippen LogP) is 3.59. The summed E-state index contributed by atoms with van der Waals surface area (Å²) < 4.78 is 2.23. The summed E-state index contributed by atoms with van der Waals surface area (Å²) in [6, 6.07) is 10.3. The van der Waals surface area contributed by atoms with E-state index in [9.17, 15) is 5.11 Å². The van der Waals surface area contributed by atoms with Crippen LogP contribution in [0.5, 0.6) is 0 Å². The van der Waals surface area contributed by atoms with E-state index in [0.29, 0.717) is 17.8 Å². The molecule has 112 valence electrons. The average Bonchev–Trinajstić information content (AvgIpc) is 3.07. The van der Waals surface area contributed by atoms with Crippen molar-refractivity contribution in [2.75, 3.05) is 0 Å². The number of hydrogen-bond donors (Lipinski definition) is 1. The minimum atomic E-state index is -0.140. The second-order valence-electron chi connectivity index (χ2n) is 6.58. The maximum atomic E-state index is 10.2. The zero-order chi connectivity index (χ0) is 14.8. The van der Waals surface area contributed by atoms with Gasteiger partial charge in [0.1, 0.15) is 5.82 Å².